The highest BCUT2D eigenvalue weighted by atomic mass is 16.6. The third-order valence-corrected chi connectivity index (χ3v) is 7.24. The average molecular weight is 484 g/mol. The van der Waals surface area contributed by atoms with Crippen LogP contribution >= 0.6 is 0 Å². The summed E-state index contributed by atoms with van der Waals surface area (Å²) >= 11 is 0. The number of hydrogen-bond donors (Lipinski definition) is 4. The molecule has 194 valence electrons. The molecule has 1 heterocycles. The molecule has 0 aromatic rings. The highest BCUT2D eigenvalue weighted by Gasteiger charge is 2.61. The van der Waals surface area contributed by atoms with Crippen LogP contribution in [0.5, 0.6) is 0 Å². The van der Waals surface area contributed by atoms with Crippen LogP contribution in [-0.4, -0.2) is 80.1 Å². The maximum Gasteiger partial charge on any atom is 0.407 e. The lowest BCUT2D eigenvalue weighted by Gasteiger charge is -2.43. The van der Waals surface area contributed by atoms with Crippen molar-refractivity contribution in [1.82, 2.24) is 16.1 Å². The molecule has 0 radical (unpaired) electrons. The van der Waals surface area contributed by atoms with Crippen LogP contribution in [0.2, 0.25) is 0 Å². The SMILES string of the molecule is COC1C(OC(=O)NC2CCC(NC(=O)CNO)CC2)CC[C@]2(CO2)C1[C@H](C)OCC=C(C)C. The fraction of sp³-hybridized carbons (Fsp3) is 0.833. The van der Waals surface area contributed by atoms with Gasteiger partial charge < -0.3 is 34.8 Å². The molecule has 2 amide bonds. The number of methoxy groups -OCH3 is 1. The van der Waals surface area contributed by atoms with E-state index in [1.165, 1.54) is 5.57 Å². The number of amides is 2. The molecule has 1 aliphatic heterocycles. The smallest absolute Gasteiger partial charge is 0.407 e. The van der Waals surface area contributed by atoms with Crippen LogP contribution in [0.1, 0.15) is 59.3 Å². The second-order valence-corrected chi connectivity index (χ2v) is 9.98. The summed E-state index contributed by atoms with van der Waals surface area (Å²) in [5, 5.41) is 14.5. The van der Waals surface area contributed by atoms with E-state index in [0.717, 1.165) is 32.1 Å². The summed E-state index contributed by atoms with van der Waals surface area (Å²) in [4.78, 5) is 24.3. The van der Waals surface area contributed by atoms with Gasteiger partial charge in [-0.3, -0.25) is 4.79 Å². The van der Waals surface area contributed by atoms with Gasteiger partial charge in [0.05, 0.1) is 31.5 Å². The van der Waals surface area contributed by atoms with Crippen LogP contribution < -0.4 is 16.1 Å². The molecule has 34 heavy (non-hydrogen) atoms. The van der Waals surface area contributed by atoms with Gasteiger partial charge in [0.2, 0.25) is 5.91 Å². The van der Waals surface area contributed by atoms with Crippen molar-refractivity contribution in [3.05, 3.63) is 11.6 Å². The molecule has 0 aromatic carbocycles. The van der Waals surface area contributed by atoms with Gasteiger partial charge in [-0.15, -0.1) is 0 Å². The molecular formula is C24H41N3O7. The van der Waals surface area contributed by atoms with E-state index in [-0.39, 0.29) is 54.4 Å². The number of hydrogen-bond acceptors (Lipinski definition) is 8. The third-order valence-electron chi connectivity index (χ3n) is 7.24. The Kier molecular flexibility index (Phi) is 9.73. The Morgan fingerprint density at radius 2 is 1.79 bits per heavy atom. The van der Waals surface area contributed by atoms with Gasteiger partial charge in [-0.2, -0.15) is 5.48 Å². The van der Waals surface area contributed by atoms with Crippen molar-refractivity contribution in [1.29, 1.82) is 0 Å². The topological polar surface area (TPSA) is 131 Å². The average Bonchev–Trinajstić information content (AvgIpc) is 3.55. The second kappa shape index (κ2) is 12.3. The van der Waals surface area contributed by atoms with Gasteiger partial charge in [0, 0.05) is 25.1 Å². The number of alkyl carbamates (subject to hydrolysis) is 1. The van der Waals surface area contributed by atoms with Gasteiger partial charge >= 0.3 is 6.09 Å². The molecule has 3 fully saturated rings. The van der Waals surface area contributed by atoms with Crippen molar-refractivity contribution < 1.29 is 33.7 Å². The summed E-state index contributed by atoms with van der Waals surface area (Å²) in [7, 11) is 1.65. The predicted octanol–water partition coefficient (Wildman–Crippen LogP) is 2.05. The van der Waals surface area contributed by atoms with E-state index >= 15 is 0 Å². The molecule has 1 saturated heterocycles. The Morgan fingerprint density at radius 1 is 1.15 bits per heavy atom. The van der Waals surface area contributed by atoms with Crippen LogP contribution in [0, 0.1) is 5.92 Å². The van der Waals surface area contributed by atoms with E-state index in [1.54, 1.807) is 7.11 Å². The first-order chi connectivity index (χ1) is 16.3. The molecule has 5 atom stereocenters. The number of rotatable bonds is 10. The molecule has 2 saturated carbocycles. The lowest BCUT2D eigenvalue weighted by Crippen LogP contribution is -2.55. The molecule has 0 aromatic heterocycles. The molecule has 4 N–H and O–H groups in total. The zero-order chi connectivity index (χ0) is 24.7. The summed E-state index contributed by atoms with van der Waals surface area (Å²) in [5.41, 5.74) is 2.81. The normalized spacial score (nSPS) is 33.6. The Balaban J connectivity index is 1.50. The molecule has 3 unspecified atom stereocenters. The first kappa shape index (κ1) is 26.9. The molecule has 3 rings (SSSR count). The molecule has 1 spiro atoms. The van der Waals surface area contributed by atoms with Crippen molar-refractivity contribution in [3.63, 3.8) is 0 Å². The van der Waals surface area contributed by atoms with Crippen molar-refractivity contribution in [2.45, 2.75) is 95.3 Å². The van der Waals surface area contributed by atoms with E-state index < -0.39 is 6.09 Å². The Hall–Kier alpha value is -1.72. The standard InChI is InChI=1S/C24H41N3O7/c1-15(2)10-12-32-16(3)21-22(31-4)19(9-11-24(21)14-33-24)34-23(29)27-18-7-5-17(6-8-18)26-20(28)13-25-30/h10,16-19,21-22,25,30H,5-9,11-14H2,1-4H3,(H,26,28)(H,27,29)/t16-,17?,18?,19?,21?,22?,24-/m0/s1. The number of nitrogens with one attached hydrogen (secondary N) is 3. The van der Waals surface area contributed by atoms with Gasteiger partial charge in [0.1, 0.15) is 12.2 Å². The minimum atomic E-state index is -0.437. The van der Waals surface area contributed by atoms with Crippen LogP contribution in [0.3, 0.4) is 0 Å². The maximum absolute atomic E-state index is 12.7. The van der Waals surface area contributed by atoms with E-state index in [9.17, 15) is 9.59 Å². The largest absolute Gasteiger partial charge is 0.443 e. The highest BCUT2D eigenvalue weighted by molar-refractivity contribution is 5.78. The predicted molar refractivity (Wildman–Crippen MR) is 124 cm³/mol. The summed E-state index contributed by atoms with van der Waals surface area (Å²) in [6.07, 6.45) is 5.32. The fourth-order valence-corrected chi connectivity index (χ4v) is 5.34. The number of ether oxygens (including phenoxy) is 4. The van der Waals surface area contributed by atoms with Gasteiger partial charge in [0.15, 0.2) is 0 Å². The van der Waals surface area contributed by atoms with Gasteiger partial charge in [-0.1, -0.05) is 11.6 Å². The minimum Gasteiger partial charge on any atom is -0.443 e. The molecular weight excluding hydrogens is 442 g/mol. The molecule has 10 nitrogen and oxygen atoms in total. The van der Waals surface area contributed by atoms with Crippen molar-refractivity contribution in [2.75, 3.05) is 26.9 Å². The number of carbonyl (C=O) groups is 2. The van der Waals surface area contributed by atoms with Crippen LogP contribution in [0.25, 0.3) is 0 Å². The highest BCUT2D eigenvalue weighted by Crippen LogP contribution is 2.49. The third kappa shape index (κ3) is 7.14. The maximum atomic E-state index is 12.7. The Bertz CT molecular complexity index is 715. The van der Waals surface area contributed by atoms with Gasteiger partial charge in [0.25, 0.3) is 0 Å². The first-order valence-electron chi connectivity index (χ1n) is 12.3. The molecule has 10 heteroatoms. The van der Waals surface area contributed by atoms with E-state index in [2.05, 4.69) is 10.6 Å². The van der Waals surface area contributed by atoms with E-state index in [1.807, 2.05) is 32.3 Å². The van der Waals surface area contributed by atoms with Crippen molar-refractivity contribution in [3.8, 4) is 0 Å². The number of allylic oxidation sites excluding steroid dienone is 1. The number of carbonyl (C=O) groups excluding carboxylic acids is 2. The molecule has 2 aliphatic carbocycles. The zero-order valence-corrected chi connectivity index (χ0v) is 20.8. The summed E-state index contributed by atoms with van der Waals surface area (Å²) in [6, 6.07) is 0.0518. The quantitative estimate of drug-likeness (QED) is 0.211. The first-order valence-corrected chi connectivity index (χ1v) is 12.3. The zero-order valence-electron chi connectivity index (χ0n) is 20.8. The monoisotopic (exact) mass is 483 g/mol. The van der Waals surface area contributed by atoms with Gasteiger partial charge in [-0.25, -0.2) is 4.79 Å². The second-order valence-electron chi connectivity index (χ2n) is 9.98. The fourth-order valence-electron chi connectivity index (χ4n) is 5.34. The van der Waals surface area contributed by atoms with Crippen LogP contribution in [0.15, 0.2) is 11.6 Å². The Labute approximate surface area is 202 Å². The number of hydroxylamine groups is 1. The van der Waals surface area contributed by atoms with Crippen molar-refractivity contribution >= 4 is 12.0 Å². The van der Waals surface area contributed by atoms with Crippen LogP contribution in [-0.2, 0) is 23.7 Å². The lowest BCUT2D eigenvalue weighted by atomic mass is 9.73. The molecule has 3 aliphatic rings. The van der Waals surface area contributed by atoms with Gasteiger partial charge in [-0.05, 0) is 59.3 Å². The summed E-state index contributed by atoms with van der Waals surface area (Å²) in [6.45, 7) is 7.20. The molecule has 0 bridgehead atoms. The minimum absolute atomic E-state index is 0.00133. The van der Waals surface area contributed by atoms with Crippen LogP contribution in [0.4, 0.5) is 4.79 Å². The summed E-state index contributed by atoms with van der Waals surface area (Å²) in [5.74, 6) is -0.269. The van der Waals surface area contributed by atoms with E-state index in [4.69, 9.17) is 24.2 Å². The van der Waals surface area contributed by atoms with Crippen molar-refractivity contribution in [2.24, 2.45) is 5.92 Å². The lowest BCUT2D eigenvalue weighted by molar-refractivity contribution is -0.138. The Morgan fingerprint density at radius 3 is 2.35 bits per heavy atom. The van der Waals surface area contributed by atoms with E-state index in [0.29, 0.717) is 19.6 Å². The summed E-state index contributed by atoms with van der Waals surface area (Å²) < 4.78 is 23.7. The number of epoxide rings is 1.